The van der Waals surface area contributed by atoms with E-state index in [0.29, 0.717) is 6.54 Å². The lowest BCUT2D eigenvalue weighted by Crippen LogP contribution is -3.05. The number of thiocarbonyl (C=S) groups is 1. The van der Waals surface area contributed by atoms with Crippen molar-refractivity contribution in [3.05, 3.63) is 35.6 Å². The minimum Gasteiger partial charge on any atom is -0.340 e. The maximum atomic E-state index is 13.0. The molecule has 0 aromatic heterocycles. The molecule has 1 aromatic rings. The molecule has 2 N–H and O–H groups in total. The molecule has 1 atom stereocenters. The Morgan fingerprint density at radius 2 is 2.00 bits per heavy atom. The Labute approximate surface area is 151 Å². The number of hydrogen-bond acceptors (Lipinski definition) is 4. The number of aliphatic imine (C=N–C) groups is 1. The van der Waals surface area contributed by atoms with Crippen LogP contribution in [0.3, 0.4) is 0 Å². The molecule has 1 unspecified atom stereocenters. The highest BCUT2D eigenvalue weighted by molar-refractivity contribution is 7.80. The number of hydrogen-bond donors (Lipinski definition) is 2. The molecule has 1 saturated heterocycles. The standard InChI is InChI=1S/C17H21FN4O2S/c1-21(2)9-3-8-19-10-14-15(23)20-17(25)22(16(14)24)11-12-4-6-13(18)7-5-12/h4-7,10,14H,3,8-9,11H2,1-2H3,(H,20,23,25)/p+1. The lowest BCUT2D eigenvalue weighted by molar-refractivity contribution is -0.858. The summed E-state index contributed by atoms with van der Waals surface area (Å²) >= 11 is 5.09. The van der Waals surface area contributed by atoms with Gasteiger partial charge >= 0.3 is 0 Å². The Morgan fingerprint density at radius 1 is 1.32 bits per heavy atom. The van der Waals surface area contributed by atoms with Gasteiger partial charge in [-0.1, -0.05) is 12.1 Å². The monoisotopic (exact) mass is 365 g/mol. The van der Waals surface area contributed by atoms with Crippen LogP contribution in [-0.4, -0.2) is 55.2 Å². The molecule has 134 valence electrons. The van der Waals surface area contributed by atoms with Gasteiger partial charge in [-0.15, -0.1) is 0 Å². The lowest BCUT2D eigenvalue weighted by atomic mass is 10.1. The van der Waals surface area contributed by atoms with Gasteiger partial charge in [0.05, 0.1) is 27.2 Å². The lowest BCUT2D eigenvalue weighted by Gasteiger charge is -2.31. The average Bonchev–Trinajstić information content (AvgIpc) is 2.55. The molecular formula is C17H22FN4O2S+. The second-order valence-corrected chi connectivity index (χ2v) is 6.58. The molecule has 25 heavy (non-hydrogen) atoms. The zero-order valence-electron chi connectivity index (χ0n) is 14.3. The van der Waals surface area contributed by atoms with Crippen molar-refractivity contribution in [2.75, 3.05) is 27.2 Å². The predicted molar refractivity (Wildman–Crippen MR) is 96.8 cm³/mol. The van der Waals surface area contributed by atoms with Crippen LogP contribution < -0.4 is 10.2 Å². The number of carbonyl (C=O) groups excluding carboxylic acids is 2. The van der Waals surface area contributed by atoms with Crippen molar-refractivity contribution in [2.45, 2.75) is 13.0 Å². The maximum Gasteiger partial charge on any atom is 0.247 e. The van der Waals surface area contributed by atoms with E-state index in [4.69, 9.17) is 12.2 Å². The van der Waals surface area contributed by atoms with E-state index in [0.717, 1.165) is 18.5 Å². The fourth-order valence-electron chi connectivity index (χ4n) is 2.39. The Bertz CT molecular complexity index is 676. The number of carbonyl (C=O) groups is 2. The smallest absolute Gasteiger partial charge is 0.247 e. The second-order valence-electron chi connectivity index (χ2n) is 6.19. The molecule has 0 aliphatic carbocycles. The summed E-state index contributed by atoms with van der Waals surface area (Å²) in [4.78, 5) is 31.5. The van der Waals surface area contributed by atoms with Crippen LogP contribution >= 0.6 is 12.2 Å². The van der Waals surface area contributed by atoms with Crippen molar-refractivity contribution in [3.8, 4) is 0 Å². The first kappa shape index (κ1) is 19.1. The number of amides is 2. The van der Waals surface area contributed by atoms with Crippen molar-refractivity contribution in [1.82, 2.24) is 10.2 Å². The summed E-state index contributed by atoms with van der Waals surface area (Å²) < 4.78 is 13.0. The molecule has 1 heterocycles. The third-order valence-electron chi connectivity index (χ3n) is 3.76. The molecule has 1 fully saturated rings. The second kappa shape index (κ2) is 8.77. The van der Waals surface area contributed by atoms with Gasteiger partial charge in [-0.05, 0) is 29.9 Å². The highest BCUT2D eigenvalue weighted by Gasteiger charge is 2.37. The van der Waals surface area contributed by atoms with Crippen LogP contribution in [0.1, 0.15) is 12.0 Å². The zero-order chi connectivity index (χ0) is 18.4. The van der Waals surface area contributed by atoms with E-state index in [9.17, 15) is 14.0 Å². The number of rotatable bonds is 7. The normalized spacial score (nSPS) is 18.3. The van der Waals surface area contributed by atoms with Gasteiger partial charge in [0.1, 0.15) is 5.82 Å². The number of quaternary nitrogens is 1. The van der Waals surface area contributed by atoms with E-state index >= 15 is 0 Å². The van der Waals surface area contributed by atoms with E-state index < -0.39 is 17.7 Å². The molecule has 0 spiro atoms. The molecule has 0 bridgehead atoms. The number of nitrogens with one attached hydrogen (secondary N) is 2. The summed E-state index contributed by atoms with van der Waals surface area (Å²) in [5, 5.41) is 2.58. The fraction of sp³-hybridized carbons (Fsp3) is 0.412. The Kier molecular flexibility index (Phi) is 6.72. The maximum absolute atomic E-state index is 13.0. The molecule has 6 nitrogen and oxygen atoms in total. The molecule has 0 radical (unpaired) electrons. The van der Waals surface area contributed by atoms with Gasteiger partial charge in [0.25, 0.3) is 0 Å². The third-order valence-corrected chi connectivity index (χ3v) is 4.08. The van der Waals surface area contributed by atoms with E-state index in [1.54, 1.807) is 12.1 Å². The third kappa shape index (κ3) is 5.40. The van der Waals surface area contributed by atoms with Crippen molar-refractivity contribution >= 4 is 35.4 Å². The Morgan fingerprint density at radius 3 is 2.64 bits per heavy atom. The first-order valence-electron chi connectivity index (χ1n) is 8.08. The van der Waals surface area contributed by atoms with Crippen LogP contribution in [0.2, 0.25) is 0 Å². The largest absolute Gasteiger partial charge is 0.340 e. The average molecular weight is 365 g/mol. The summed E-state index contributed by atoms with van der Waals surface area (Å²) in [6.45, 7) is 1.69. The fourth-order valence-corrected chi connectivity index (χ4v) is 2.64. The summed E-state index contributed by atoms with van der Waals surface area (Å²) in [6, 6.07) is 5.79. The Balaban J connectivity index is 2.02. The Hall–Kier alpha value is -2.19. The summed E-state index contributed by atoms with van der Waals surface area (Å²) in [5.74, 6) is -2.22. The topological polar surface area (TPSA) is 66.2 Å². The number of benzene rings is 1. The quantitative estimate of drug-likeness (QED) is 0.304. The molecule has 1 aromatic carbocycles. The molecule has 2 rings (SSSR count). The van der Waals surface area contributed by atoms with Crippen molar-refractivity contribution < 1.29 is 18.9 Å². The zero-order valence-corrected chi connectivity index (χ0v) is 15.1. The summed E-state index contributed by atoms with van der Waals surface area (Å²) in [6.07, 6.45) is 2.27. The van der Waals surface area contributed by atoms with Crippen LogP contribution in [0.4, 0.5) is 4.39 Å². The van der Waals surface area contributed by atoms with Gasteiger partial charge in [0.2, 0.25) is 11.8 Å². The van der Waals surface area contributed by atoms with Gasteiger partial charge in [-0.3, -0.25) is 19.5 Å². The van der Waals surface area contributed by atoms with Crippen molar-refractivity contribution in [3.63, 3.8) is 0 Å². The van der Waals surface area contributed by atoms with Crippen LogP contribution in [0.5, 0.6) is 0 Å². The van der Waals surface area contributed by atoms with E-state index in [1.807, 2.05) is 0 Å². The minimum absolute atomic E-state index is 0.0557. The molecular weight excluding hydrogens is 343 g/mol. The predicted octanol–water partition coefficient (Wildman–Crippen LogP) is -0.209. The highest BCUT2D eigenvalue weighted by atomic mass is 32.1. The summed E-state index contributed by atoms with van der Waals surface area (Å²) in [7, 11) is 4.10. The van der Waals surface area contributed by atoms with Gasteiger partial charge in [-0.2, -0.15) is 0 Å². The molecule has 2 amide bonds. The van der Waals surface area contributed by atoms with Gasteiger partial charge in [0.15, 0.2) is 11.0 Å². The van der Waals surface area contributed by atoms with Crippen LogP contribution in [-0.2, 0) is 16.1 Å². The molecule has 1 aliphatic rings. The van der Waals surface area contributed by atoms with Gasteiger partial charge in [0, 0.05) is 19.2 Å². The highest BCUT2D eigenvalue weighted by Crippen LogP contribution is 2.14. The van der Waals surface area contributed by atoms with Crippen molar-refractivity contribution in [2.24, 2.45) is 10.9 Å². The van der Waals surface area contributed by atoms with E-state index in [-0.39, 0.29) is 17.5 Å². The van der Waals surface area contributed by atoms with Crippen LogP contribution in [0.15, 0.2) is 29.3 Å². The van der Waals surface area contributed by atoms with E-state index in [2.05, 4.69) is 24.4 Å². The summed E-state index contributed by atoms with van der Waals surface area (Å²) in [5.41, 5.74) is 0.720. The molecule has 1 aliphatic heterocycles. The van der Waals surface area contributed by atoms with Gasteiger partial charge < -0.3 is 10.2 Å². The van der Waals surface area contributed by atoms with Crippen molar-refractivity contribution in [1.29, 1.82) is 0 Å². The molecule has 8 heteroatoms. The van der Waals surface area contributed by atoms with Crippen LogP contribution in [0.25, 0.3) is 0 Å². The number of nitrogens with zero attached hydrogens (tertiary/aromatic N) is 2. The van der Waals surface area contributed by atoms with Crippen LogP contribution in [0, 0.1) is 11.7 Å². The first-order chi connectivity index (χ1) is 11.9. The van der Waals surface area contributed by atoms with Gasteiger partial charge in [-0.25, -0.2) is 4.39 Å². The molecule has 0 saturated carbocycles. The first-order valence-corrected chi connectivity index (χ1v) is 8.49. The van der Waals surface area contributed by atoms with E-state index in [1.165, 1.54) is 28.1 Å². The SMILES string of the molecule is C[NH+](C)CCCN=CC1C(=O)NC(=S)N(Cc2ccc(F)cc2)C1=O. The minimum atomic E-state index is -0.987. The number of halogens is 1.